The van der Waals surface area contributed by atoms with E-state index in [1.54, 1.807) is 12.3 Å². The summed E-state index contributed by atoms with van der Waals surface area (Å²) in [5, 5.41) is 2.14. The molecule has 0 unspecified atom stereocenters. The maximum absolute atomic E-state index is 8.74. The molecule has 1 aliphatic rings. The van der Waals surface area contributed by atoms with E-state index in [4.69, 9.17) is 13.8 Å². The second kappa shape index (κ2) is 16.7. The van der Waals surface area contributed by atoms with Crippen LogP contribution in [0, 0.1) is 10.7 Å². The fourth-order valence-electron chi connectivity index (χ4n) is 10.7. The number of hydrogen-bond acceptors (Lipinski definition) is 2. The molecule has 0 saturated heterocycles. The second-order valence-electron chi connectivity index (χ2n) is 19.6. The average Bonchev–Trinajstić information content (AvgIpc) is 3.87. The van der Waals surface area contributed by atoms with Crippen molar-refractivity contribution >= 4 is 32.8 Å². The summed E-state index contributed by atoms with van der Waals surface area (Å²) in [6.45, 7) is 6.98. The van der Waals surface area contributed by atoms with Crippen LogP contribution in [0.1, 0.15) is 61.3 Å². The Morgan fingerprint density at radius 3 is 1.68 bits per heavy atom. The number of imidazole rings is 1. The molecule has 69 heavy (non-hydrogen) atoms. The molecule has 0 bridgehead atoms. The third-order valence-electron chi connectivity index (χ3n) is 14.4. The van der Waals surface area contributed by atoms with Gasteiger partial charge in [0, 0.05) is 15.9 Å². The zero-order valence-electron chi connectivity index (χ0n) is 42.0. The predicted molar refractivity (Wildman–Crippen MR) is 281 cm³/mol. The van der Waals surface area contributed by atoms with E-state index in [9.17, 15) is 0 Å². The number of para-hydroxylation sites is 3. The molecule has 8 aromatic carbocycles. The van der Waals surface area contributed by atoms with Gasteiger partial charge in [-0.3, -0.25) is 0 Å². The van der Waals surface area contributed by atoms with Crippen molar-refractivity contribution in [2.75, 3.05) is 0 Å². The first-order valence-corrected chi connectivity index (χ1v) is 24.8. The topological polar surface area (TPSA) is 36.9 Å². The van der Waals surface area contributed by atoms with Crippen molar-refractivity contribution in [3.63, 3.8) is 0 Å². The molecule has 0 radical (unpaired) electrons. The molecule has 12 rings (SSSR count). The fraction of sp³-hybridized carbons (Fsp3) is 0.143. The number of aromatic nitrogens is 4. The first-order valence-electron chi connectivity index (χ1n) is 25.2. The standard InChI is InChI=1S/C63H52N4O.Pt/c1-42-35-60(64-40-53(42)45-23-13-8-14-24-45)67-58-37-48(31-32-51(58)52-38-54-55(39-59(52)67)63(4,5)34-33-62(54,2)3)68-47-26-17-25-46(36-47)65-41-66(57-30-16-15-29-56(57)65)61-49(43-19-9-6-10-20-43)27-18-28-50(61)44-21-11-7-12-22-44;/h6-32,35-40H,33-34H2,1-5H3;/i1D3;. The van der Waals surface area contributed by atoms with Crippen molar-refractivity contribution in [2.24, 2.45) is 0 Å². The van der Waals surface area contributed by atoms with Gasteiger partial charge in [-0.25, -0.2) is 0 Å². The summed E-state index contributed by atoms with van der Waals surface area (Å²) in [7, 11) is 0. The number of hydrogen-bond donors (Lipinski definition) is 0. The van der Waals surface area contributed by atoms with Crippen LogP contribution in [0.3, 0.4) is 0 Å². The van der Waals surface area contributed by atoms with Gasteiger partial charge in [-0.1, -0.05) is 58.0 Å². The molecule has 3 aromatic heterocycles. The van der Waals surface area contributed by atoms with Crippen LogP contribution < -0.4 is 4.74 Å². The quantitative estimate of drug-likeness (QED) is 0.152. The molecule has 3 heterocycles. The minimum Gasteiger partial charge on any atom is -0.0622 e. The van der Waals surface area contributed by atoms with Gasteiger partial charge in [0.1, 0.15) is 0 Å². The van der Waals surface area contributed by atoms with Crippen molar-refractivity contribution in [1.82, 2.24) is 18.7 Å². The van der Waals surface area contributed by atoms with Crippen molar-refractivity contribution < 1.29 is 28.2 Å². The summed E-state index contributed by atoms with van der Waals surface area (Å²) in [6.07, 6.45) is 3.88. The summed E-state index contributed by atoms with van der Waals surface area (Å²) >= 11 is 2.48. The Kier molecular flexibility index (Phi) is 9.60. The minimum atomic E-state index is -2.39. The van der Waals surface area contributed by atoms with E-state index in [-0.39, 0.29) is 16.4 Å². The van der Waals surface area contributed by atoms with Crippen molar-refractivity contribution in [3.8, 4) is 62.1 Å². The molecule has 0 amide bonds. The van der Waals surface area contributed by atoms with E-state index in [0.717, 1.165) is 88.7 Å². The van der Waals surface area contributed by atoms with E-state index in [0.29, 0.717) is 22.9 Å². The Labute approximate surface area is 418 Å². The van der Waals surface area contributed by atoms with Crippen LogP contribution in [0.25, 0.3) is 83.4 Å². The van der Waals surface area contributed by atoms with E-state index in [1.807, 2.05) is 48.5 Å². The molecule has 0 fully saturated rings. The number of ether oxygens (including phenoxy) is 1. The molecular weight excluding hydrogens is 1020 g/mol. The van der Waals surface area contributed by atoms with E-state index in [2.05, 4.69) is 200 Å². The average molecular weight is 1080 g/mol. The van der Waals surface area contributed by atoms with Gasteiger partial charge < -0.3 is 0 Å². The molecular formula is C63H52N4OPt. The Bertz CT molecular complexity index is 3910. The molecule has 340 valence electrons. The Hall–Kier alpha value is -7.33. The van der Waals surface area contributed by atoms with Crippen molar-refractivity contribution in [1.29, 1.82) is 0 Å². The van der Waals surface area contributed by atoms with Crippen LogP contribution >= 0.6 is 0 Å². The van der Waals surface area contributed by atoms with Crippen molar-refractivity contribution in [2.45, 2.75) is 58.2 Å². The number of rotatable bonds is 8. The SMILES string of the molecule is [2H]C([2H])([2H])c1cc(-n2c3cc(Oc4cccc(-n5[c](=[Pt])n(-c6c(-c7ccccc7)cccc6-c6ccccc6)c6ccccc65)c4)ccc3c3cc4c(cc32)C(C)(C)CCC4(C)C)ncc1-c1ccccc1. The zero-order chi connectivity index (χ0) is 49.5. The third kappa shape index (κ3) is 7.34. The van der Waals surface area contributed by atoms with Crippen LogP contribution in [0.4, 0.5) is 0 Å². The minimum absolute atomic E-state index is 0.0107. The van der Waals surface area contributed by atoms with Crippen LogP contribution in [-0.2, 0) is 30.2 Å². The van der Waals surface area contributed by atoms with Crippen molar-refractivity contribution in [3.05, 3.63) is 221 Å². The normalized spacial score (nSPS) is 14.9. The molecule has 1 aliphatic carbocycles. The van der Waals surface area contributed by atoms with Gasteiger partial charge in [0.15, 0.2) is 0 Å². The Balaban J connectivity index is 1.02. The van der Waals surface area contributed by atoms with E-state index < -0.39 is 6.85 Å². The number of aryl methyl sites for hydroxylation is 1. The number of nitrogens with zero attached hydrogens (tertiary/aromatic N) is 4. The first-order chi connectivity index (χ1) is 34.7. The molecule has 0 aliphatic heterocycles. The van der Waals surface area contributed by atoms with Gasteiger partial charge >= 0.3 is 294 Å². The molecule has 0 atom stereocenters. The van der Waals surface area contributed by atoms with Gasteiger partial charge in [0.05, 0.1) is 0 Å². The van der Waals surface area contributed by atoms with E-state index in [1.165, 1.54) is 11.1 Å². The number of benzene rings is 8. The third-order valence-corrected chi connectivity index (χ3v) is 15.4. The van der Waals surface area contributed by atoms with E-state index >= 15 is 0 Å². The summed E-state index contributed by atoms with van der Waals surface area (Å²) in [6, 6.07) is 67.1. The molecule has 0 spiro atoms. The van der Waals surface area contributed by atoms with Gasteiger partial charge in [-0.2, -0.15) is 0 Å². The summed E-state index contributed by atoms with van der Waals surface area (Å²) < 4.78 is 41.0. The predicted octanol–water partition coefficient (Wildman–Crippen LogP) is 16.4. The number of fused-ring (bicyclic) bond motifs is 5. The molecule has 6 heteroatoms. The van der Waals surface area contributed by atoms with Crippen LogP contribution in [0.2, 0.25) is 0 Å². The Morgan fingerprint density at radius 1 is 0.493 bits per heavy atom. The molecule has 0 saturated carbocycles. The van der Waals surface area contributed by atoms with Crippen LogP contribution in [0.5, 0.6) is 11.5 Å². The summed E-state index contributed by atoms with van der Waals surface area (Å²) in [4.78, 5) is 5.08. The van der Waals surface area contributed by atoms with Crippen LogP contribution in [0.15, 0.2) is 200 Å². The summed E-state index contributed by atoms with van der Waals surface area (Å²) in [5.74, 6) is 1.87. The fourth-order valence-corrected chi connectivity index (χ4v) is 11.8. The maximum atomic E-state index is 8.74. The zero-order valence-corrected chi connectivity index (χ0v) is 41.3. The van der Waals surface area contributed by atoms with Gasteiger partial charge in [-0.15, -0.1) is 0 Å². The number of pyridine rings is 1. The monoisotopic (exact) mass is 1080 g/mol. The first kappa shape index (κ1) is 39.6. The van der Waals surface area contributed by atoms with Gasteiger partial charge in [0.2, 0.25) is 0 Å². The summed E-state index contributed by atoms with van der Waals surface area (Å²) in [5.41, 5.74) is 14.9. The molecule has 0 N–H and O–H groups in total. The smallest absolute Gasteiger partial charge is 0.0622 e. The second-order valence-corrected chi connectivity index (χ2v) is 20.6. The van der Waals surface area contributed by atoms with Gasteiger partial charge in [0.25, 0.3) is 0 Å². The Morgan fingerprint density at radius 2 is 1.04 bits per heavy atom. The van der Waals surface area contributed by atoms with Gasteiger partial charge in [-0.05, 0) is 52.8 Å². The molecule has 5 nitrogen and oxygen atoms in total. The van der Waals surface area contributed by atoms with Crippen LogP contribution in [-0.4, -0.2) is 18.7 Å². The molecule has 11 aromatic rings.